The minimum absolute atomic E-state index is 0.309. The van der Waals surface area contributed by atoms with Crippen LogP contribution in [0.1, 0.15) is 6.42 Å². The minimum Gasteiger partial charge on any atom is -0.395 e. The van der Waals surface area contributed by atoms with E-state index in [2.05, 4.69) is 11.9 Å². The number of thioether (sulfide) groups is 1. The summed E-state index contributed by atoms with van der Waals surface area (Å²) < 4.78 is 0. The first kappa shape index (κ1) is 8.37. The van der Waals surface area contributed by atoms with Crippen molar-refractivity contribution in [2.45, 2.75) is 12.5 Å². The molecule has 1 heterocycles. The van der Waals surface area contributed by atoms with Crippen molar-refractivity contribution in [3.8, 4) is 0 Å². The highest BCUT2D eigenvalue weighted by molar-refractivity contribution is 7.99. The molecule has 1 N–H and O–H groups in total. The summed E-state index contributed by atoms with van der Waals surface area (Å²) in [5.74, 6) is 2.34. The summed E-state index contributed by atoms with van der Waals surface area (Å²) in [7, 11) is 2.09. The first-order valence-corrected chi connectivity index (χ1v) is 4.89. The maximum atomic E-state index is 8.93. The van der Waals surface area contributed by atoms with E-state index >= 15 is 0 Å². The average Bonchev–Trinajstić information content (AvgIpc) is 2.13. The van der Waals surface area contributed by atoms with Gasteiger partial charge in [0.1, 0.15) is 0 Å². The zero-order valence-electron chi connectivity index (χ0n) is 6.42. The standard InChI is InChI=1S/C7H15NOS/c1-8-3-2-4-10-6-7(8)5-9/h7,9H,2-6H2,1H3. The van der Waals surface area contributed by atoms with Crippen molar-refractivity contribution in [3.05, 3.63) is 0 Å². The van der Waals surface area contributed by atoms with Crippen LogP contribution in [0.2, 0.25) is 0 Å². The Labute approximate surface area is 66.6 Å². The van der Waals surface area contributed by atoms with Crippen molar-refractivity contribution >= 4 is 11.8 Å². The fraction of sp³-hybridized carbons (Fsp3) is 1.00. The molecule has 0 aromatic carbocycles. The molecule has 0 amide bonds. The SMILES string of the molecule is CN1CCCSCC1CO. The van der Waals surface area contributed by atoms with Crippen LogP contribution in [-0.4, -0.2) is 47.8 Å². The van der Waals surface area contributed by atoms with E-state index in [1.54, 1.807) is 0 Å². The van der Waals surface area contributed by atoms with Gasteiger partial charge in [0.25, 0.3) is 0 Å². The van der Waals surface area contributed by atoms with E-state index in [9.17, 15) is 0 Å². The second kappa shape index (κ2) is 4.21. The normalized spacial score (nSPS) is 30.0. The molecule has 60 valence electrons. The second-order valence-corrected chi connectivity index (χ2v) is 3.90. The molecule has 1 atom stereocenters. The number of aliphatic hydroxyl groups excluding tert-OH is 1. The molecule has 1 unspecified atom stereocenters. The Balaban J connectivity index is 2.35. The van der Waals surface area contributed by atoms with E-state index in [1.807, 2.05) is 11.8 Å². The van der Waals surface area contributed by atoms with Crippen LogP contribution in [0, 0.1) is 0 Å². The molecule has 0 radical (unpaired) electrons. The molecule has 0 aromatic heterocycles. The van der Waals surface area contributed by atoms with Crippen LogP contribution in [0.4, 0.5) is 0 Å². The first-order valence-electron chi connectivity index (χ1n) is 3.73. The largest absolute Gasteiger partial charge is 0.395 e. The summed E-state index contributed by atoms with van der Waals surface area (Å²) in [5, 5.41) is 8.93. The molecule has 0 aromatic rings. The Bertz CT molecular complexity index is 99.6. The summed E-state index contributed by atoms with van der Waals surface area (Å²) in [6.45, 7) is 1.45. The highest BCUT2D eigenvalue weighted by Gasteiger charge is 2.15. The van der Waals surface area contributed by atoms with Gasteiger partial charge in [-0.05, 0) is 25.8 Å². The highest BCUT2D eigenvalue weighted by atomic mass is 32.2. The summed E-state index contributed by atoms with van der Waals surface area (Å²) in [4.78, 5) is 2.25. The van der Waals surface area contributed by atoms with Gasteiger partial charge in [-0.3, -0.25) is 0 Å². The van der Waals surface area contributed by atoms with Crippen molar-refractivity contribution in [2.75, 3.05) is 31.7 Å². The summed E-state index contributed by atoms with van der Waals surface area (Å²) in [5.41, 5.74) is 0. The lowest BCUT2D eigenvalue weighted by Gasteiger charge is -2.22. The van der Waals surface area contributed by atoms with E-state index in [0.29, 0.717) is 12.6 Å². The second-order valence-electron chi connectivity index (χ2n) is 2.75. The molecule has 1 aliphatic heterocycles. The quantitative estimate of drug-likeness (QED) is 0.603. The van der Waals surface area contributed by atoms with Crippen molar-refractivity contribution in [3.63, 3.8) is 0 Å². The van der Waals surface area contributed by atoms with Crippen LogP contribution in [-0.2, 0) is 0 Å². The zero-order chi connectivity index (χ0) is 7.40. The fourth-order valence-corrected chi connectivity index (χ4v) is 2.27. The number of aliphatic hydroxyl groups is 1. The molecular weight excluding hydrogens is 146 g/mol. The maximum absolute atomic E-state index is 8.93. The summed E-state index contributed by atoms with van der Waals surface area (Å²) in [6.07, 6.45) is 1.26. The lowest BCUT2D eigenvalue weighted by atomic mass is 10.3. The van der Waals surface area contributed by atoms with Crippen LogP contribution >= 0.6 is 11.8 Å². The molecule has 1 saturated heterocycles. The van der Waals surface area contributed by atoms with Gasteiger partial charge < -0.3 is 10.0 Å². The molecule has 0 saturated carbocycles. The first-order chi connectivity index (χ1) is 4.84. The lowest BCUT2D eigenvalue weighted by Crippen LogP contribution is -2.35. The molecule has 0 bridgehead atoms. The van der Waals surface area contributed by atoms with Crippen LogP contribution in [0.3, 0.4) is 0 Å². The monoisotopic (exact) mass is 161 g/mol. The topological polar surface area (TPSA) is 23.5 Å². The molecule has 1 aliphatic rings. The van der Waals surface area contributed by atoms with E-state index in [0.717, 1.165) is 12.3 Å². The van der Waals surface area contributed by atoms with Gasteiger partial charge in [-0.15, -0.1) is 0 Å². The van der Waals surface area contributed by atoms with E-state index in [4.69, 9.17) is 5.11 Å². The fourth-order valence-electron chi connectivity index (χ4n) is 1.14. The molecule has 1 rings (SSSR count). The Morgan fingerprint density at radius 1 is 1.70 bits per heavy atom. The third-order valence-corrected chi connectivity index (χ3v) is 3.14. The molecular formula is C7H15NOS. The smallest absolute Gasteiger partial charge is 0.0594 e. The Morgan fingerprint density at radius 3 is 3.20 bits per heavy atom. The van der Waals surface area contributed by atoms with Crippen LogP contribution in [0.25, 0.3) is 0 Å². The van der Waals surface area contributed by atoms with Crippen LogP contribution < -0.4 is 0 Å². The minimum atomic E-state index is 0.309. The van der Waals surface area contributed by atoms with Gasteiger partial charge in [-0.25, -0.2) is 0 Å². The molecule has 3 heteroatoms. The van der Waals surface area contributed by atoms with Crippen molar-refractivity contribution in [2.24, 2.45) is 0 Å². The van der Waals surface area contributed by atoms with Gasteiger partial charge >= 0.3 is 0 Å². The molecule has 10 heavy (non-hydrogen) atoms. The van der Waals surface area contributed by atoms with Crippen molar-refractivity contribution in [1.29, 1.82) is 0 Å². The summed E-state index contributed by atoms with van der Waals surface area (Å²) in [6, 6.07) is 0.396. The van der Waals surface area contributed by atoms with Gasteiger partial charge in [-0.1, -0.05) is 0 Å². The number of rotatable bonds is 1. The van der Waals surface area contributed by atoms with Crippen molar-refractivity contribution in [1.82, 2.24) is 4.90 Å². The van der Waals surface area contributed by atoms with E-state index in [-0.39, 0.29) is 0 Å². The molecule has 0 spiro atoms. The van der Waals surface area contributed by atoms with Gasteiger partial charge in [-0.2, -0.15) is 11.8 Å². The maximum Gasteiger partial charge on any atom is 0.0594 e. The van der Waals surface area contributed by atoms with Gasteiger partial charge in [0.2, 0.25) is 0 Å². The Morgan fingerprint density at radius 2 is 2.50 bits per heavy atom. The third-order valence-electron chi connectivity index (χ3n) is 1.94. The van der Waals surface area contributed by atoms with E-state index in [1.165, 1.54) is 12.2 Å². The predicted molar refractivity (Wildman–Crippen MR) is 45.4 cm³/mol. The average molecular weight is 161 g/mol. The summed E-state index contributed by atoms with van der Waals surface area (Å²) >= 11 is 1.95. The number of likely N-dealkylation sites (N-methyl/N-ethyl adjacent to an activating group) is 1. The van der Waals surface area contributed by atoms with Gasteiger partial charge in [0.15, 0.2) is 0 Å². The molecule has 0 aliphatic carbocycles. The highest BCUT2D eigenvalue weighted by Crippen LogP contribution is 2.13. The zero-order valence-corrected chi connectivity index (χ0v) is 7.23. The number of hydrogen-bond donors (Lipinski definition) is 1. The van der Waals surface area contributed by atoms with E-state index < -0.39 is 0 Å². The van der Waals surface area contributed by atoms with Crippen molar-refractivity contribution < 1.29 is 5.11 Å². The van der Waals surface area contributed by atoms with Gasteiger partial charge in [0, 0.05) is 11.8 Å². The third kappa shape index (κ3) is 2.15. The number of nitrogens with zero attached hydrogens (tertiary/aromatic N) is 1. The molecule has 2 nitrogen and oxygen atoms in total. The number of hydrogen-bond acceptors (Lipinski definition) is 3. The van der Waals surface area contributed by atoms with Crippen LogP contribution in [0.15, 0.2) is 0 Å². The lowest BCUT2D eigenvalue weighted by molar-refractivity contribution is 0.165. The predicted octanol–water partition coefficient (Wildman–Crippen LogP) is 0.416. The molecule has 1 fully saturated rings. The van der Waals surface area contributed by atoms with Gasteiger partial charge in [0.05, 0.1) is 6.61 Å². The van der Waals surface area contributed by atoms with Crippen LogP contribution in [0.5, 0.6) is 0 Å². The Hall–Kier alpha value is 0.270. The Kier molecular flexibility index (Phi) is 3.52.